The molecule has 5 aliphatic rings. The lowest BCUT2D eigenvalue weighted by molar-refractivity contribution is -0.336. The van der Waals surface area contributed by atoms with Crippen LogP contribution >= 0.6 is 11.8 Å². The van der Waals surface area contributed by atoms with Gasteiger partial charge in [-0.1, -0.05) is 12.8 Å². The van der Waals surface area contributed by atoms with Gasteiger partial charge < -0.3 is 29.2 Å². The van der Waals surface area contributed by atoms with Crippen molar-refractivity contribution >= 4 is 29.7 Å². The Morgan fingerprint density at radius 1 is 0.600 bits per heavy atom. The minimum absolute atomic E-state index is 0.0104. The first-order valence-electron chi connectivity index (χ1n) is 18.8. The van der Waals surface area contributed by atoms with Gasteiger partial charge in [-0.25, -0.2) is 9.78 Å². The summed E-state index contributed by atoms with van der Waals surface area (Å²) in [5.41, 5.74) is 0. The van der Waals surface area contributed by atoms with Crippen molar-refractivity contribution in [3.8, 4) is 24.7 Å². The summed E-state index contributed by atoms with van der Waals surface area (Å²) in [6.45, 7) is 0.211. The highest BCUT2D eigenvalue weighted by Crippen LogP contribution is 2.40. The quantitative estimate of drug-likeness (QED) is 0.0932. The van der Waals surface area contributed by atoms with Gasteiger partial charge in [0.1, 0.15) is 30.5 Å². The summed E-state index contributed by atoms with van der Waals surface area (Å²) in [5.74, 6) is -4.45. The predicted molar refractivity (Wildman–Crippen MR) is 184 cm³/mol. The Balaban J connectivity index is 0.959. The first-order chi connectivity index (χ1) is 24.3. The van der Waals surface area contributed by atoms with Crippen LogP contribution in [0.5, 0.6) is 0 Å². The number of carboxylic acid groups (broad SMARTS) is 2. The van der Waals surface area contributed by atoms with Gasteiger partial charge in [-0.15, -0.1) is 0 Å². The average molecular weight is 719 g/mol. The van der Waals surface area contributed by atoms with E-state index in [4.69, 9.17) is 35.1 Å². The molecule has 2 N–H and O–H groups in total. The van der Waals surface area contributed by atoms with Crippen LogP contribution in [0.4, 0.5) is 0 Å². The van der Waals surface area contributed by atoms with Crippen molar-refractivity contribution in [1.29, 1.82) is 0 Å². The van der Waals surface area contributed by atoms with Crippen LogP contribution < -0.4 is 0 Å². The van der Waals surface area contributed by atoms with Crippen LogP contribution in [-0.2, 0) is 43.1 Å². The molecule has 5 fully saturated rings. The Morgan fingerprint density at radius 2 is 1.16 bits per heavy atom. The van der Waals surface area contributed by atoms with E-state index in [0.717, 1.165) is 64.2 Å². The molecule has 12 heteroatoms. The number of hydrogen-bond acceptors (Lipinski definition) is 10. The average Bonchev–Trinajstić information content (AvgIpc) is 3.12. The van der Waals surface area contributed by atoms with Gasteiger partial charge >= 0.3 is 17.9 Å². The van der Waals surface area contributed by atoms with Crippen LogP contribution in [0.15, 0.2) is 0 Å². The van der Waals surface area contributed by atoms with E-state index in [-0.39, 0.29) is 49.5 Å². The van der Waals surface area contributed by atoms with Crippen LogP contribution in [-0.4, -0.2) is 75.7 Å². The molecule has 5 saturated carbocycles. The van der Waals surface area contributed by atoms with Gasteiger partial charge in [-0.2, -0.15) is 11.8 Å². The molecular weight excluding hydrogens is 664 g/mol. The van der Waals surface area contributed by atoms with Crippen molar-refractivity contribution in [2.45, 2.75) is 163 Å². The molecule has 0 radical (unpaired) electrons. The van der Waals surface area contributed by atoms with Gasteiger partial charge in [-0.3, -0.25) is 14.4 Å². The topological polar surface area (TPSA) is 147 Å². The normalized spacial score (nSPS) is 34.9. The molecule has 11 nitrogen and oxygen atoms in total. The van der Waals surface area contributed by atoms with Gasteiger partial charge in [0.05, 0.1) is 30.5 Å². The van der Waals surface area contributed by atoms with Crippen LogP contribution in [0.25, 0.3) is 0 Å². The standard InChI is InChI=1S/C38H54O11S/c1-2-44-30-13-19-34(37(41)42)35(23-30)38(43)48-27-8-14-31(15-9-27)50-32-16-10-28(11-17-32)49-47-24-25-22-29(12-18-33(25)36(39)40)46-21-20-45-26-6-4-3-5-7-26/h1,25-35H,3-19,22-24H2,(H,39,40)(H,41,42). The van der Waals surface area contributed by atoms with E-state index in [2.05, 4.69) is 18.3 Å². The molecule has 0 bridgehead atoms. The van der Waals surface area contributed by atoms with Crippen molar-refractivity contribution in [2.24, 2.45) is 23.7 Å². The maximum Gasteiger partial charge on any atom is 0.310 e. The molecular formula is C38H54O11S. The zero-order valence-electron chi connectivity index (χ0n) is 29.0. The largest absolute Gasteiger partial charge is 0.481 e. The fourth-order valence-electron chi connectivity index (χ4n) is 8.42. The van der Waals surface area contributed by atoms with E-state index in [0.29, 0.717) is 42.6 Å². The number of ether oxygens (including phenoxy) is 4. The van der Waals surface area contributed by atoms with Gasteiger partial charge in [0.2, 0.25) is 0 Å². The first-order valence-corrected chi connectivity index (χ1v) is 19.8. The number of carbonyl (C=O) groups excluding carboxylic acids is 1. The summed E-state index contributed by atoms with van der Waals surface area (Å²) in [5, 5.41) is 20.5. The highest BCUT2D eigenvalue weighted by Gasteiger charge is 2.42. The third kappa shape index (κ3) is 11.6. The number of rotatable bonds is 13. The molecule has 0 spiro atoms. The molecule has 278 valence electrons. The lowest BCUT2D eigenvalue weighted by Gasteiger charge is -2.35. The molecule has 6 atom stereocenters. The number of hydrogen-bond donors (Lipinski definition) is 2. The molecule has 0 saturated heterocycles. The van der Waals surface area contributed by atoms with Crippen LogP contribution in [0.3, 0.4) is 0 Å². The molecule has 5 aliphatic carbocycles. The first kappa shape index (κ1) is 38.4. The van der Waals surface area contributed by atoms with E-state index in [1.54, 1.807) is 0 Å². The van der Waals surface area contributed by atoms with Gasteiger partial charge in [-0.05, 0) is 116 Å². The Morgan fingerprint density at radius 3 is 1.78 bits per heavy atom. The fourth-order valence-corrected chi connectivity index (χ4v) is 10.1. The third-order valence-electron chi connectivity index (χ3n) is 11.3. The number of terminal acetylenes is 1. The Hall–Kier alpha value is -2.80. The molecule has 0 amide bonds. The maximum absolute atomic E-state index is 13.0. The van der Waals surface area contributed by atoms with Crippen molar-refractivity contribution in [3.05, 3.63) is 0 Å². The van der Waals surface area contributed by atoms with Gasteiger partial charge in [0.25, 0.3) is 0 Å². The van der Waals surface area contributed by atoms with Gasteiger partial charge in [0, 0.05) is 16.4 Å². The van der Waals surface area contributed by atoms with Crippen LogP contribution in [0, 0.1) is 48.4 Å². The van der Waals surface area contributed by atoms with Crippen molar-refractivity contribution < 1.29 is 53.3 Å². The van der Waals surface area contributed by atoms with Crippen molar-refractivity contribution in [1.82, 2.24) is 0 Å². The molecule has 0 heterocycles. The smallest absolute Gasteiger partial charge is 0.310 e. The molecule has 50 heavy (non-hydrogen) atoms. The van der Waals surface area contributed by atoms with E-state index in [1.807, 2.05) is 11.8 Å². The number of carboxylic acids is 2. The van der Waals surface area contributed by atoms with Crippen molar-refractivity contribution in [2.75, 3.05) is 6.61 Å². The predicted octanol–water partition coefficient (Wildman–Crippen LogP) is 6.46. The minimum Gasteiger partial charge on any atom is -0.481 e. The SMILES string of the molecule is C#COC1CCC(C(=O)O)C(C(=O)OC2CCC(SC3CCC(OOCC4CC(OC#COC5CCCCC5)CCC4C(=O)O)CC3)CC2)C1. The second-order valence-electron chi connectivity index (χ2n) is 14.8. The zero-order valence-corrected chi connectivity index (χ0v) is 29.9. The van der Waals surface area contributed by atoms with E-state index < -0.39 is 35.7 Å². The third-order valence-corrected chi connectivity index (χ3v) is 13.1. The molecule has 6 unspecified atom stereocenters. The summed E-state index contributed by atoms with van der Waals surface area (Å²) in [4.78, 5) is 48.2. The highest BCUT2D eigenvalue weighted by molar-refractivity contribution is 8.00. The maximum atomic E-state index is 13.0. The van der Waals surface area contributed by atoms with E-state index in [1.165, 1.54) is 19.3 Å². The fraction of sp³-hybridized carbons (Fsp3) is 0.816. The molecule has 0 aromatic carbocycles. The lowest BCUT2D eigenvalue weighted by atomic mass is 9.77. The van der Waals surface area contributed by atoms with Crippen molar-refractivity contribution in [3.63, 3.8) is 0 Å². The molecule has 0 aromatic heterocycles. The second-order valence-corrected chi connectivity index (χ2v) is 16.4. The molecule has 5 rings (SSSR count). The Kier molecular flexibility index (Phi) is 15.2. The summed E-state index contributed by atoms with van der Waals surface area (Å²) < 4.78 is 22.5. The number of aliphatic carboxylic acids is 2. The van der Waals surface area contributed by atoms with E-state index >= 15 is 0 Å². The monoisotopic (exact) mass is 718 g/mol. The summed E-state index contributed by atoms with van der Waals surface area (Å²) >= 11 is 2.02. The van der Waals surface area contributed by atoms with Gasteiger partial charge in [0.15, 0.2) is 12.2 Å². The Bertz CT molecular complexity index is 1200. The number of thioether (sulfide) groups is 1. The highest BCUT2D eigenvalue weighted by atomic mass is 32.2. The summed E-state index contributed by atoms with van der Waals surface area (Å²) in [6.07, 6.45) is 28.1. The molecule has 0 aliphatic heterocycles. The molecule has 0 aromatic rings. The zero-order chi connectivity index (χ0) is 35.3. The van der Waals surface area contributed by atoms with Crippen LogP contribution in [0.2, 0.25) is 0 Å². The lowest BCUT2D eigenvalue weighted by Crippen LogP contribution is -2.40. The minimum atomic E-state index is -0.977. The summed E-state index contributed by atoms with van der Waals surface area (Å²) in [7, 11) is 0. The number of esters is 1. The van der Waals surface area contributed by atoms with Crippen LogP contribution in [0.1, 0.15) is 122 Å². The summed E-state index contributed by atoms with van der Waals surface area (Å²) in [6, 6.07) is 0. The second kappa shape index (κ2) is 19.7. The van der Waals surface area contributed by atoms with E-state index in [9.17, 15) is 24.6 Å². The Labute approximate surface area is 300 Å². The number of carbonyl (C=O) groups is 3.